The second-order valence-corrected chi connectivity index (χ2v) is 8.89. The lowest BCUT2D eigenvalue weighted by Gasteiger charge is -2.12. The summed E-state index contributed by atoms with van der Waals surface area (Å²) in [6.45, 7) is 1.21. The van der Waals surface area contributed by atoms with Gasteiger partial charge in [0.15, 0.2) is 6.61 Å². The lowest BCUT2D eigenvalue weighted by molar-refractivity contribution is -0.384. The van der Waals surface area contributed by atoms with Crippen LogP contribution >= 0.6 is 11.6 Å². The number of nitrogens with one attached hydrogen (secondary N) is 2. The van der Waals surface area contributed by atoms with E-state index in [2.05, 4.69) is 10.0 Å². The number of non-ortho nitro benzene ring substituents is 1. The second kappa shape index (κ2) is 9.84. The van der Waals surface area contributed by atoms with Gasteiger partial charge in [0.1, 0.15) is 11.6 Å². The Morgan fingerprint density at radius 2 is 1.82 bits per heavy atom. The molecule has 3 aromatic carbocycles. The van der Waals surface area contributed by atoms with E-state index >= 15 is 0 Å². The molecular formula is C21H17ClFN3O6S. The van der Waals surface area contributed by atoms with Gasteiger partial charge in [0.05, 0.1) is 20.5 Å². The number of sulfonamides is 1. The summed E-state index contributed by atoms with van der Waals surface area (Å²) >= 11 is 6.11. The highest BCUT2D eigenvalue weighted by atomic mass is 35.5. The van der Waals surface area contributed by atoms with Crippen molar-refractivity contribution in [1.29, 1.82) is 0 Å². The molecule has 0 unspecified atom stereocenters. The minimum absolute atomic E-state index is 0.0586. The Morgan fingerprint density at radius 1 is 1.12 bits per heavy atom. The first-order chi connectivity index (χ1) is 15.5. The molecule has 0 aliphatic carbocycles. The molecule has 0 bridgehead atoms. The van der Waals surface area contributed by atoms with Crippen LogP contribution in [0.1, 0.15) is 5.56 Å². The monoisotopic (exact) mass is 493 g/mol. The lowest BCUT2D eigenvalue weighted by atomic mass is 10.2. The van der Waals surface area contributed by atoms with E-state index in [1.54, 1.807) is 6.92 Å². The first-order valence-electron chi connectivity index (χ1n) is 9.31. The fraction of sp³-hybridized carbons (Fsp3) is 0.0952. The fourth-order valence-corrected chi connectivity index (χ4v) is 4.07. The third-order valence-electron chi connectivity index (χ3n) is 4.37. The first-order valence-corrected chi connectivity index (χ1v) is 11.2. The molecular weight excluding hydrogens is 477 g/mol. The zero-order chi connectivity index (χ0) is 24.2. The van der Waals surface area contributed by atoms with Gasteiger partial charge in [-0.25, -0.2) is 12.8 Å². The molecule has 0 aliphatic rings. The standard InChI is InChI=1S/C21H17ClFN3O6S/c1-13-2-7-16(26(28)29)10-19(13)24-21(27)12-32-20-9-8-17(11-18(20)22)33(30,31)25-15-5-3-14(23)4-6-15/h2-11,25H,12H2,1H3,(H,24,27). The Kier molecular flexibility index (Phi) is 7.14. The summed E-state index contributed by atoms with van der Waals surface area (Å²) in [6.07, 6.45) is 0. The predicted molar refractivity (Wildman–Crippen MR) is 121 cm³/mol. The van der Waals surface area contributed by atoms with Crippen LogP contribution in [0.2, 0.25) is 5.02 Å². The number of nitro groups is 1. The smallest absolute Gasteiger partial charge is 0.271 e. The molecule has 1 amide bonds. The van der Waals surface area contributed by atoms with Gasteiger partial charge in [0, 0.05) is 17.8 Å². The van der Waals surface area contributed by atoms with E-state index in [0.717, 1.165) is 18.2 Å². The van der Waals surface area contributed by atoms with Crippen LogP contribution in [-0.4, -0.2) is 25.9 Å². The van der Waals surface area contributed by atoms with E-state index in [0.29, 0.717) is 5.56 Å². The maximum absolute atomic E-state index is 13.0. The SMILES string of the molecule is Cc1ccc([N+](=O)[O-])cc1NC(=O)COc1ccc(S(=O)(=O)Nc2ccc(F)cc2)cc1Cl. The largest absolute Gasteiger partial charge is 0.482 e. The van der Waals surface area contributed by atoms with Crippen LogP contribution in [0.5, 0.6) is 5.75 Å². The molecule has 33 heavy (non-hydrogen) atoms. The van der Waals surface area contributed by atoms with Crippen LogP contribution in [0.25, 0.3) is 0 Å². The zero-order valence-corrected chi connectivity index (χ0v) is 18.6. The number of amides is 1. The number of carbonyl (C=O) groups excluding carboxylic acids is 1. The van der Waals surface area contributed by atoms with Gasteiger partial charge in [0.25, 0.3) is 21.6 Å². The van der Waals surface area contributed by atoms with Gasteiger partial charge in [-0.1, -0.05) is 17.7 Å². The van der Waals surface area contributed by atoms with Crippen LogP contribution < -0.4 is 14.8 Å². The number of halogens is 2. The quantitative estimate of drug-likeness (QED) is 0.351. The van der Waals surface area contributed by atoms with Crippen molar-refractivity contribution in [3.63, 3.8) is 0 Å². The van der Waals surface area contributed by atoms with Crippen LogP contribution in [0.4, 0.5) is 21.5 Å². The van der Waals surface area contributed by atoms with E-state index in [1.165, 1.54) is 42.5 Å². The van der Waals surface area contributed by atoms with Gasteiger partial charge in [-0.3, -0.25) is 19.6 Å². The highest BCUT2D eigenvalue weighted by Crippen LogP contribution is 2.28. The summed E-state index contributed by atoms with van der Waals surface area (Å²) in [6, 6.07) is 12.5. The number of ether oxygens (including phenoxy) is 1. The molecule has 0 aliphatic heterocycles. The molecule has 0 heterocycles. The third-order valence-corrected chi connectivity index (χ3v) is 6.05. The summed E-state index contributed by atoms with van der Waals surface area (Å²) in [7, 11) is -4.00. The first kappa shape index (κ1) is 24.0. The van der Waals surface area contributed by atoms with E-state index < -0.39 is 33.3 Å². The maximum atomic E-state index is 13.0. The number of nitrogens with zero attached hydrogens (tertiary/aromatic N) is 1. The van der Waals surface area contributed by atoms with Crippen molar-refractivity contribution < 1.29 is 27.3 Å². The van der Waals surface area contributed by atoms with Crippen molar-refractivity contribution >= 4 is 44.6 Å². The normalized spacial score (nSPS) is 11.0. The molecule has 0 saturated heterocycles. The van der Waals surface area contributed by atoms with Gasteiger partial charge in [0.2, 0.25) is 0 Å². The van der Waals surface area contributed by atoms with Crippen molar-refractivity contribution in [3.8, 4) is 5.75 Å². The maximum Gasteiger partial charge on any atom is 0.271 e. The number of nitro benzene ring substituents is 1. The third kappa shape index (κ3) is 6.18. The number of hydrogen-bond donors (Lipinski definition) is 2. The van der Waals surface area contributed by atoms with Crippen molar-refractivity contribution in [3.05, 3.63) is 87.2 Å². The lowest BCUT2D eigenvalue weighted by Crippen LogP contribution is -2.21. The number of carbonyl (C=O) groups is 1. The van der Waals surface area contributed by atoms with Crippen molar-refractivity contribution in [2.24, 2.45) is 0 Å². The average molecular weight is 494 g/mol. The Balaban J connectivity index is 1.66. The van der Waals surface area contributed by atoms with E-state index in [9.17, 15) is 27.7 Å². The van der Waals surface area contributed by atoms with Gasteiger partial charge < -0.3 is 10.1 Å². The molecule has 3 aromatic rings. The average Bonchev–Trinajstić information content (AvgIpc) is 2.75. The van der Waals surface area contributed by atoms with Crippen molar-refractivity contribution in [2.45, 2.75) is 11.8 Å². The fourth-order valence-electron chi connectivity index (χ4n) is 2.69. The number of aryl methyl sites for hydroxylation is 1. The molecule has 172 valence electrons. The zero-order valence-electron chi connectivity index (χ0n) is 17.0. The van der Waals surface area contributed by atoms with Gasteiger partial charge >= 0.3 is 0 Å². The van der Waals surface area contributed by atoms with Gasteiger partial charge in [-0.2, -0.15) is 0 Å². The molecule has 9 nitrogen and oxygen atoms in total. The molecule has 2 N–H and O–H groups in total. The minimum atomic E-state index is -4.00. The van der Waals surface area contributed by atoms with Crippen LogP contribution in [0.3, 0.4) is 0 Å². The second-order valence-electron chi connectivity index (χ2n) is 6.80. The molecule has 0 saturated carbocycles. The summed E-state index contributed by atoms with van der Waals surface area (Å²) in [5.74, 6) is -1.04. The summed E-state index contributed by atoms with van der Waals surface area (Å²) < 4.78 is 45.7. The van der Waals surface area contributed by atoms with E-state index in [4.69, 9.17) is 16.3 Å². The topological polar surface area (TPSA) is 128 Å². The molecule has 12 heteroatoms. The number of benzene rings is 3. The molecule has 0 aromatic heterocycles. The Labute approximate surface area is 193 Å². The Hall–Kier alpha value is -3.70. The van der Waals surface area contributed by atoms with Crippen molar-refractivity contribution in [1.82, 2.24) is 0 Å². The molecule has 0 atom stereocenters. The van der Waals surface area contributed by atoms with Crippen molar-refractivity contribution in [2.75, 3.05) is 16.6 Å². The Morgan fingerprint density at radius 3 is 2.45 bits per heavy atom. The van der Waals surface area contributed by atoms with Crippen LogP contribution in [0, 0.1) is 22.9 Å². The number of anilines is 2. The summed E-state index contributed by atoms with van der Waals surface area (Å²) in [5, 5.41) is 13.4. The minimum Gasteiger partial charge on any atom is -0.482 e. The predicted octanol–water partition coefficient (Wildman–Crippen LogP) is 4.51. The summed E-state index contributed by atoms with van der Waals surface area (Å²) in [5.41, 5.74) is 0.874. The van der Waals surface area contributed by atoms with E-state index in [1.807, 2.05) is 0 Å². The van der Waals surface area contributed by atoms with Gasteiger partial charge in [-0.15, -0.1) is 0 Å². The highest BCUT2D eigenvalue weighted by Gasteiger charge is 2.17. The van der Waals surface area contributed by atoms with Crippen LogP contribution in [-0.2, 0) is 14.8 Å². The highest BCUT2D eigenvalue weighted by molar-refractivity contribution is 7.92. The number of rotatable bonds is 8. The molecule has 0 spiro atoms. The van der Waals surface area contributed by atoms with Gasteiger partial charge in [-0.05, 0) is 55.0 Å². The van der Waals surface area contributed by atoms with Crippen LogP contribution in [0.15, 0.2) is 65.6 Å². The van der Waals surface area contributed by atoms with E-state index in [-0.39, 0.29) is 32.7 Å². The molecule has 0 radical (unpaired) electrons. The number of hydrogen-bond acceptors (Lipinski definition) is 6. The molecule has 0 fully saturated rings. The Bertz CT molecular complexity index is 1320. The summed E-state index contributed by atoms with van der Waals surface area (Å²) in [4.78, 5) is 22.4. The molecule has 3 rings (SSSR count).